The van der Waals surface area contributed by atoms with Gasteiger partial charge in [-0.15, -0.1) is 0 Å². The fourth-order valence-corrected chi connectivity index (χ4v) is 7.13. The summed E-state index contributed by atoms with van der Waals surface area (Å²) in [6, 6.07) is 37.3. The molecule has 9 heteroatoms. The van der Waals surface area contributed by atoms with Crippen molar-refractivity contribution >= 4 is 43.4 Å². The predicted octanol–water partition coefficient (Wildman–Crippen LogP) is 8.29. The van der Waals surface area contributed by atoms with Crippen molar-refractivity contribution in [2.75, 3.05) is 4.72 Å². The predicted molar refractivity (Wildman–Crippen MR) is 183 cm³/mol. The van der Waals surface area contributed by atoms with Gasteiger partial charge < -0.3 is 9.15 Å². The number of carbonyl (C=O) groups is 1. The first-order valence-corrected chi connectivity index (χ1v) is 16.6. The van der Waals surface area contributed by atoms with Crippen molar-refractivity contribution in [1.29, 1.82) is 0 Å². The lowest BCUT2D eigenvalue weighted by molar-refractivity contribution is -0.132. The van der Waals surface area contributed by atoms with Crippen molar-refractivity contribution in [3.05, 3.63) is 149 Å². The molecule has 0 bridgehead atoms. The summed E-state index contributed by atoms with van der Waals surface area (Å²) in [7, 11) is -4.05. The molecular formula is C38H31N3O5S. The third-order valence-electron chi connectivity index (χ3n) is 8.18. The molecular weight excluding hydrogens is 611 g/mol. The number of nitrogens with one attached hydrogen (secondary N) is 1. The molecule has 7 rings (SSSR count). The highest BCUT2D eigenvalue weighted by molar-refractivity contribution is 7.92. The highest BCUT2D eigenvalue weighted by Crippen LogP contribution is 2.48. The number of aryl methyl sites for hydroxylation is 2. The molecule has 0 saturated carbocycles. The van der Waals surface area contributed by atoms with Crippen molar-refractivity contribution in [3.8, 4) is 11.6 Å². The summed E-state index contributed by atoms with van der Waals surface area (Å²) in [6.45, 7) is 5.09. The minimum atomic E-state index is -4.05. The molecule has 1 atom stereocenters. The summed E-state index contributed by atoms with van der Waals surface area (Å²) in [4.78, 5) is 12.8. The third-order valence-corrected chi connectivity index (χ3v) is 9.55. The summed E-state index contributed by atoms with van der Waals surface area (Å²) in [6.07, 6.45) is 0. The summed E-state index contributed by atoms with van der Waals surface area (Å²) in [5.41, 5.74) is 4.39. The summed E-state index contributed by atoms with van der Waals surface area (Å²) in [5.74, 6) is -0.727. The van der Waals surface area contributed by atoms with Gasteiger partial charge in [0.05, 0.1) is 33.4 Å². The number of sulfonamides is 1. The zero-order chi connectivity index (χ0) is 32.7. The van der Waals surface area contributed by atoms with Gasteiger partial charge in [-0.05, 0) is 66.6 Å². The number of benzene rings is 5. The first-order chi connectivity index (χ1) is 22.7. The Morgan fingerprint density at radius 3 is 2.21 bits per heavy atom. The maximum Gasteiger partial charge on any atom is 0.309 e. The molecule has 1 unspecified atom stereocenters. The van der Waals surface area contributed by atoms with Crippen LogP contribution in [0, 0.1) is 13.8 Å². The van der Waals surface area contributed by atoms with Crippen LogP contribution < -0.4 is 9.46 Å². The van der Waals surface area contributed by atoms with Crippen LogP contribution in [0.4, 0.5) is 5.69 Å². The van der Waals surface area contributed by atoms with Crippen LogP contribution >= 0.6 is 0 Å². The number of rotatable bonds is 8. The Kier molecular flexibility index (Phi) is 7.61. The Morgan fingerprint density at radius 2 is 1.47 bits per heavy atom. The van der Waals surface area contributed by atoms with Crippen LogP contribution in [0.2, 0.25) is 0 Å². The minimum Gasteiger partial charge on any atom is -0.458 e. The van der Waals surface area contributed by atoms with E-state index in [0.29, 0.717) is 39.4 Å². The summed E-state index contributed by atoms with van der Waals surface area (Å²) < 4.78 is 45.0. The second-order valence-corrected chi connectivity index (χ2v) is 13.1. The minimum absolute atomic E-state index is 0.120. The Balaban J connectivity index is 1.55. The van der Waals surface area contributed by atoms with Gasteiger partial charge in [-0.2, -0.15) is 5.10 Å². The topological polar surface area (TPSA) is 103 Å². The van der Waals surface area contributed by atoms with Gasteiger partial charge in [-0.3, -0.25) is 9.52 Å². The Hall–Kier alpha value is -5.67. The lowest BCUT2D eigenvalue weighted by Gasteiger charge is -2.21. The van der Waals surface area contributed by atoms with Crippen LogP contribution in [-0.2, 0) is 14.8 Å². The van der Waals surface area contributed by atoms with Crippen molar-refractivity contribution in [3.63, 3.8) is 0 Å². The van der Waals surface area contributed by atoms with Crippen molar-refractivity contribution in [2.45, 2.75) is 31.6 Å². The van der Waals surface area contributed by atoms with E-state index in [1.165, 1.54) is 6.92 Å². The van der Waals surface area contributed by atoms with Gasteiger partial charge in [-0.1, -0.05) is 90.5 Å². The third kappa shape index (κ3) is 5.55. The van der Waals surface area contributed by atoms with E-state index in [1.807, 2.05) is 105 Å². The number of ether oxygens (including phenoxy) is 1. The molecule has 0 aliphatic carbocycles. The van der Waals surface area contributed by atoms with Crippen molar-refractivity contribution in [1.82, 2.24) is 9.78 Å². The van der Waals surface area contributed by atoms with E-state index in [1.54, 1.807) is 35.0 Å². The first-order valence-electron chi connectivity index (χ1n) is 15.1. The van der Waals surface area contributed by atoms with Crippen molar-refractivity contribution in [2.24, 2.45) is 0 Å². The molecule has 0 radical (unpaired) electrons. The Bertz CT molecular complexity index is 2370. The van der Waals surface area contributed by atoms with Gasteiger partial charge in [0.15, 0.2) is 0 Å². The zero-order valence-electron chi connectivity index (χ0n) is 26.0. The van der Waals surface area contributed by atoms with Crippen molar-refractivity contribution < 1.29 is 22.4 Å². The van der Waals surface area contributed by atoms with Gasteiger partial charge in [0.2, 0.25) is 5.88 Å². The number of anilines is 1. The van der Waals surface area contributed by atoms with E-state index < -0.39 is 21.9 Å². The average Bonchev–Trinajstić information content (AvgIpc) is 3.58. The van der Waals surface area contributed by atoms with Crippen LogP contribution in [0.15, 0.2) is 131 Å². The number of aromatic nitrogens is 2. The molecule has 8 nitrogen and oxygen atoms in total. The molecule has 7 aromatic rings. The van der Waals surface area contributed by atoms with Gasteiger partial charge in [0.25, 0.3) is 10.0 Å². The highest BCUT2D eigenvalue weighted by atomic mass is 32.2. The number of hydrogen-bond acceptors (Lipinski definition) is 6. The first kappa shape index (κ1) is 30.0. The van der Waals surface area contributed by atoms with E-state index in [4.69, 9.17) is 14.3 Å². The molecule has 5 aromatic carbocycles. The molecule has 0 spiro atoms. The molecule has 2 heterocycles. The number of esters is 1. The lowest BCUT2D eigenvalue weighted by atomic mass is 9.85. The molecule has 234 valence electrons. The fraction of sp³-hybridized carbons (Fsp3) is 0.105. The van der Waals surface area contributed by atoms with Crippen LogP contribution in [-0.4, -0.2) is 24.2 Å². The Labute approximate surface area is 272 Å². The largest absolute Gasteiger partial charge is 0.458 e. The highest BCUT2D eigenvalue weighted by Gasteiger charge is 2.36. The number of fused-ring (bicyclic) bond motifs is 2. The number of furan rings is 1. The standard InChI is InChI=1S/C38H31N3O5S/c1-24-20-22-29(23-21-24)47(43,44)40-36-32-17-9-10-19-33(32)46-37(36)35(31-18-11-13-27-12-7-8-16-30(27)31)34-25(2)39-41(38(34)45-26(3)42)28-14-5-4-6-15-28/h4-23,35,40H,1-3H3. The molecule has 0 aliphatic heterocycles. The van der Waals surface area contributed by atoms with E-state index in [0.717, 1.165) is 21.9 Å². The second-order valence-electron chi connectivity index (χ2n) is 11.4. The van der Waals surface area contributed by atoms with Crippen LogP contribution in [0.3, 0.4) is 0 Å². The molecule has 1 N–H and O–H groups in total. The molecule has 0 fully saturated rings. The number of nitrogens with zero attached hydrogens (tertiary/aromatic N) is 2. The lowest BCUT2D eigenvalue weighted by Crippen LogP contribution is -2.16. The number of para-hydroxylation sites is 2. The Morgan fingerprint density at radius 1 is 0.809 bits per heavy atom. The molecule has 0 amide bonds. The SMILES string of the molecule is CC(=O)Oc1c(C(c2oc3ccccc3c2NS(=O)(=O)c2ccc(C)cc2)c2cccc3ccccc23)c(C)nn1-c1ccccc1. The summed E-state index contributed by atoms with van der Waals surface area (Å²) >= 11 is 0. The average molecular weight is 642 g/mol. The van der Waals surface area contributed by atoms with Gasteiger partial charge in [0.1, 0.15) is 11.3 Å². The van der Waals surface area contributed by atoms with E-state index in [-0.39, 0.29) is 10.8 Å². The summed E-state index contributed by atoms with van der Waals surface area (Å²) in [5, 5.41) is 7.35. The van der Waals surface area contributed by atoms with Crippen LogP contribution in [0.1, 0.15) is 41.0 Å². The fourth-order valence-electron chi connectivity index (χ4n) is 6.04. The number of carbonyl (C=O) groups excluding carboxylic acids is 1. The zero-order valence-corrected chi connectivity index (χ0v) is 26.8. The van der Waals surface area contributed by atoms with Gasteiger partial charge in [-0.25, -0.2) is 13.1 Å². The van der Waals surface area contributed by atoms with E-state index in [9.17, 15) is 13.2 Å². The molecule has 0 aliphatic rings. The molecule has 0 saturated heterocycles. The van der Waals surface area contributed by atoms with Crippen LogP contribution in [0.5, 0.6) is 5.88 Å². The van der Waals surface area contributed by atoms with E-state index in [2.05, 4.69) is 4.72 Å². The molecule has 2 aromatic heterocycles. The number of hydrogen-bond donors (Lipinski definition) is 1. The smallest absolute Gasteiger partial charge is 0.309 e. The normalized spacial score (nSPS) is 12.3. The van der Waals surface area contributed by atoms with Gasteiger partial charge >= 0.3 is 5.97 Å². The molecule has 47 heavy (non-hydrogen) atoms. The maximum absolute atomic E-state index is 13.9. The quantitative estimate of drug-likeness (QED) is 0.168. The van der Waals surface area contributed by atoms with Gasteiger partial charge in [0, 0.05) is 12.3 Å². The van der Waals surface area contributed by atoms with E-state index >= 15 is 0 Å². The monoisotopic (exact) mass is 641 g/mol. The maximum atomic E-state index is 13.9. The van der Waals surface area contributed by atoms with Crippen LogP contribution in [0.25, 0.3) is 27.4 Å². The second kappa shape index (κ2) is 11.9.